The maximum absolute atomic E-state index is 12.2. The molecule has 1 atom stereocenters. The lowest BCUT2D eigenvalue weighted by atomic mass is 10.0. The monoisotopic (exact) mass is 284 g/mol. The van der Waals surface area contributed by atoms with Gasteiger partial charge in [-0.1, -0.05) is 6.07 Å². The Hall–Kier alpha value is -2.17. The van der Waals surface area contributed by atoms with Gasteiger partial charge in [0.2, 0.25) is 5.91 Å². The molecule has 0 unspecified atom stereocenters. The van der Waals surface area contributed by atoms with Crippen LogP contribution in [0.3, 0.4) is 0 Å². The number of pyridine rings is 1. The van der Waals surface area contributed by atoms with Gasteiger partial charge in [0.25, 0.3) is 0 Å². The van der Waals surface area contributed by atoms with Crippen molar-refractivity contribution in [2.45, 2.75) is 38.8 Å². The maximum atomic E-state index is 12.2. The highest BCUT2D eigenvalue weighted by atomic mass is 16.1. The minimum Gasteiger partial charge on any atom is -0.347 e. The Kier molecular flexibility index (Phi) is 3.99. The Labute approximate surface area is 124 Å². The number of aryl methyl sites for hydroxylation is 2. The van der Waals surface area contributed by atoms with Crippen LogP contribution in [0.2, 0.25) is 0 Å². The number of carbonyl (C=O) groups excluding carboxylic acids is 1. The van der Waals surface area contributed by atoms with Gasteiger partial charge in [0.1, 0.15) is 0 Å². The molecule has 2 aromatic rings. The third-order valence-electron chi connectivity index (χ3n) is 3.91. The second-order valence-electron chi connectivity index (χ2n) is 5.64. The molecule has 2 aromatic heterocycles. The van der Waals surface area contributed by atoms with Crippen LogP contribution in [0.5, 0.6) is 0 Å². The van der Waals surface area contributed by atoms with Crippen molar-refractivity contribution in [3.05, 3.63) is 48.3 Å². The fraction of sp³-hybridized carbons (Fsp3) is 0.438. The summed E-state index contributed by atoms with van der Waals surface area (Å²) in [6, 6.07) is 4.04. The molecule has 2 heterocycles. The topological polar surface area (TPSA) is 59.8 Å². The lowest BCUT2D eigenvalue weighted by molar-refractivity contribution is -0.122. The van der Waals surface area contributed by atoms with E-state index in [1.54, 1.807) is 18.7 Å². The van der Waals surface area contributed by atoms with E-state index in [1.807, 2.05) is 16.8 Å². The van der Waals surface area contributed by atoms with Gasteiger partial charge in [-0.15, -0.1) is 0 Å². The van der Waals surface area contributed by atoms with Crippen LogP contribution < -0.4 is 5.32 Å². The van der Waals surface area contributed by atoms with E-state index >= 15 is 0 Å². The van der Waals surface area contributed by atoms with Crippen LogP contribution in [-0.2, 0) is 11.3 Å². The van der Waals surface area contributed by atoms with Gasteiger partial charge in [-0.25, -0.2) is 4.98 Å². The molecule has 5 nitrogen and oxygen atoms in total. The molecule has 1 saturated carbocycles. The number of hydrogen-bond acceptors (Lipinski definition) is 3. The van der Waals surface area contributed by atoms with Gasteiger partial charge in [-0.2, -0.15) is 0 Å². The minimum atomic E-state index is 0.0569. The quantitative estimate of drug-likeness (QED) is 0.885. The van der Waals surface area contributed by atoms with Crippen LogP contribution in [0.25, 0.3) is 0 Å². The molecule has 3 rings (SSSR count). The van der Waals surface area contributed by atoms with Gasteiger partial charge in [0.05, 0.1) is 18.1 Å². The highest BCUT2D eigenvalue weighted by Crippen LogP contribution is 2.41. The second-order valence-corrected chi connectivity index (χ2v) is 5.64. The van der Waals surface area contributed by atoms with Gasteiger partial charge >= 0.3 is 0 Å². The van der Waals surface area contributed by atoms with E-state index in [1.165, 1.54) is 12.8 Å². The van der Waals surface area contributed by atoms with Gasteiger partial charge in [0, 0.05) is 31.6 Å². The molecule has 0 radical (unpaired) electrons. The van der Waals surface area contributed by atoms with Crippen LogP contribution >= 0.6 is 0 Å². The minimum absolute atomic E-state index is 0.0569. The summed E-state index contributed by atoms with van der Waals surface area (Å²) in [5, 5.41) is 3.16. The normalized spacial score (nSPS) is 15.7. The van der Waals surface area contributed by atoms with E-state index < -0.39 is 0 Å². The first-order chi connectivity index (χ1) is 10.2. The summed E-state index contributed by atoms with van der Waals surface area (Å²) in [6.45, 7) is 2.71. The van der Waals surface area contributed by atoms with Gasteiger partial charge in [-0.3, -0.25) is 9.78 Å². The number of nitrogens with one attached hydrogen (secondary N) is 1. The number of imidazole rings is 1. The molecule has 0 bridgehead atoms. The Bertz CT molecular complexity index is 604. The van der Waals surface area contributed by atoms with Crippen molar-refractivity contribution >= 4 is 5.91 Å². The molecule has 1 N–H and O–H groups in total. The van der Waals surface area contributed by atoms with Crippen LogP contribution in [0, 0.1) is 12.8 Å². The summed E-state index contributed by atoms with van der Waals surface area (Å²) >= 11 is 0. The number of amides is 1. The lowest BCUT2D eigenvalue weighted by Gasteiger charge is -2.19. The zero-order valence-corrected chi connectivity index (χ0v) is 12.2. The molecule has 1 aliphatic carbocycles. The lowest BCUT2D eigenvalue weighted by Crippen LogP contribution is -2.31. The summed E-state index contributed by atoms with van der Waals surface area (Å²) in [4.78, 5) is 20.6. The predicted molar refractivity (Wildman–Crippen MR) is 79.4 cm³/mol. The summed E-state index contributed by atoms with van der Waals surface area (Å²) in [6.07, 6.45) is 9.93. The Balaban J connectivity index is 1.63. The maximum Gasteiger partial charge on any atom is 0.222 e. The molecule has 0 aromatic carbocycles. The fourth-order valence-electron chi connectivity index (χ4n) is 2.56. The number of aromatic nitrogens is 3. The summed E-state index contributed by atoms with van der Waals surface area (Å²) in [7, 11) is 0. The SMILES string of the molecule is Cc1cccnc1[C@H](NC(=O)CCn1ccnc1)C1CC1. The van der Waals surface area contributed by atoms with Crippen molar-refractivity contribution < 1.29 is 4.79 Å². The molecular weight excluding hydrogens is 264 g/mol. The average Bonchev–Trinajstić information content (AvgIpc) is 3.19. The summed E-state index contributed by atoms with van der Waals surface area (Å²) in [5.41, 5.74) is 2.15. The van der Waals surface area contributed by atoms with Crippen molar-refractivity contribution in [3.63, 3.8) is 0 Å². The van der Waals surface area contributed by atoms with E-state index in [9.17, 15) is 4.79 Å². The third kappa shape index (κ3) is 3.48. The second kappa shape index (κ2) is 6.08. The highest BCUT2D eigenvalue weighted by Gasteiger charge is 2.34. The highest BCUT2D eigenvalue weighted by molar-refractivity contribution is 5.76. The largest absolute Gasteiger partial charge is 0.347 e. The van der Waals surface area contributed by atoms with Crippen molar-refractivity contribution in [1.82, 2.24) is 19.9 Å². The molecule has 0 aliphatic heterocycles. The van der Waals surface area contributed by atoms with Crippen molar-refractivity contribution in [3.8, 4) is 0 Å². The fourth-order valence-corrected chi connectivity index (χ4v) is 2.56. The van der Waals surface area contributed by atoms with Crippen LogP contribution in [0.4, 0.5) is 0 Å². The first kappa shape index (κ1) is 13.8. The van der Waals surface area contributed by atoms with E-state index in [0.717, 1.165) is 11.3 Å². The molecule has 1 fully saturated rings. The number of rotatable bonds is 6. The van der Waals surface area contributed by atoms with Crippen LogP contribution in [0.15, 0.2) is 37.1 Å². The van der Waals surface area contributed by atoms with E-state index in [4.69, 9.17) is 0 Å². The molecule has 1 amide bonds. The Morgan fingerprint density at radius 2 is 2.33 bits per heavy atom. The molecule has 21 heavy (non-hydrogen) atoms. The Morgan fingerprint density at radius 1 is 1.48 bits per heavy atom. The molecule has 0 spiro atoms. The first-order valence-corrected chi connectivity index (χ1v) is 7.40. The van der Waals surface area contributed by atoms with Crippen LogP contribution in [0.1, 0.15) is 36.6 Å². The van der Waals surface area contributed by atoms with E-state index in [0.29, 0.717) is 18.9 Å². The Morgan fingerprint density at radius 3 is 3.00 bits per heavy atom. The van der Waals surface area contributed by atoms with E-state index in [-0.39, 0.29) is 11.9 Å². The molecule has 110 valence electrons. The van der Waals surface area contributed by atoms with Crippen molar-refractivity contribution in [1.29, 1.82) is 0 Å². The first-order valence-electron chi connectivity index (χ1n) is 7.40. The summed E-state index contributed by atoms with van der Waals surface area (Å²) < 4.78 is 1.91. The van der Waals surface area contributed by atoms with Gasteiger partial charge in [0.15, 0.2) is 0 Å². The molecule has 0 saturated heterocycles. The van der Waals surface area contributed by atoms with E-state index in [2.05, 4.69) is 28.3 Å². The van der Waals surface area contributed by atoms with Crippen molar-refractivity contribution in [2.75, 3.05) is 0 Å². The predicted octanol–water partition coefficient (Wildman–Crippen LogP) is 2.24. The summed E-state index contributed by atoms with van der Waals surface area (Å²) in [5.74, 6) is 0.612. The molecule has 1 aliphatic rings. The number of carbonyl (C=O) groups is 1. The van der Waals surface area contributed by atoms with Crippen molar-refractivity contribution in [2.24, 2.45) is 5.92 Å². The molecule has 5 heteroatoms. The van der Waals surface area contributed by atoms with Gasteiger partial charge in [-0.05, 0) is 37.3 Å². The average molecular weight is 284 g/mol. The zero-order valence-electron chi connectivity index (χ0n) is 12.2. The number of hydrogen-bond donors (Lipinski definition) is 1. The molecular formula is C16H20N4O. The standard InChI is InChI=1S/C16H20N4O/c1-12-3-2-7-18-15(12)16(13-4-5-13)19-14(21)6-9-20-10-8-17-11-20/h2-3,7-8,10-11,13,16H,4-6,9H2,1H3,(H,19,21)/t16-/m1/s1. The van der Waals surface area contributed by atoms with Gasteiger partial charge < -0.3 is 9.88 Å². The third-order valence-corrected chi connectivity index (χ3v) is 3.91. The zero-order chi connectivity index (χ0) is 14.7. The smallest absolute Gasteiger partial charge is 0.222 e. The number of nitrogens with zero attached hydrogens (tertiary/aromatic N) is 3. The van der Waals surface area contributed by atoms with Crippen LogP contribution in [-0.4, -0.2) is 20.4 Å².